The van der Waals surface area contributed by atoms with Gasteiger partial charge < -0.3 is 10.5 Å². The molecule has 2 N–H and O–H groups in total. The molecule has 0 spiro atoms. The Labute approximate surface area is 123 Å². The summed E-state index contributed by atoms with van der Waals surface area (Å²) in [5, 5.41) is 0. The largest absolute Gasteiger partial charge is 0.496 e. The summed E-state index contributed by atoms with van der Waals surface area (Å²) in [5.41, 5.74) is 6.06. The van der Waals surface area contributed by atoms with Gasteiger partial charge in [0.25, 0.3) is 0 Å². The van der Waals surface area contributed by atoms with Crippen LogP contribution in [-0.2, 0) is 0 Å². The molecule has 98 valence electrons. The Balaban J connectivity index is 2.49. The first-order valence-corrected chi connectivity index (χ1v) is 6.54. The predicted molar refractivity (Wildman–Crippen MR) is 80.0 cm³/mol. The number of ketones is 1. The van der Waals surface area contributed by atoms with Crippen LogP contribution >= 0.6 is 22.6 Å². The number of ether oxygens (including phenoxy) is 1. The third-order valence-electron chi connectivity index (χ3n) is 2.67. The topological polar surface area (TPSA) is 52.3 Å². The van der Waals surface area contributed by atoms with Crippen molar-refractivity contribution in [3.63, 3.8) is 0 Å². The van der Waals surface area contributed by atoms with Gasteiger partial charge in [-0.05, 0) is 59.0 Å². The Kier molecular flexibility index (Phi) is 4.04. The smallest absolute Gasteiger partial charge is 0.196 e. The highest BCUT2D eigenvalue weighted by Crippen LogP contribution is 2.24. The molecule has 0 aliphatic carbocycles. The van der Waals surface area contributed by atoms with Crippen LogP contribution in [0.1, 0.15) is 15.9 Å². The Morgan fingerprint density at radius 3 is 2.63 bits per heavy atom. The molecule has 0 bridgehead atoms. The lowest BCUT2D eigenvalue weighted by Crippen LogP contribution is -2.05. The Morgan fingerprint density at radius 2 is 2.00 bits per heavy atom. The van der Waals surface area contributed by atoms with Crippen LogP contribution in [0.5, 0.6) is 5.75 Å². The summed E-state index contributed by atoms with van der Waals surface area (Å²) in [7, 11) is 1.49. The lowest BCUT2D eigenvalue weighted by molar-refractivity contribution is 0.103. The van der Waals surface area contributed by atoms with Gasteiger partial charge in [-0.1, -0.05) is 0 Å². The molecule has 2 aromatic carbocycles. The van der Waals surface area contributed by atoms with E-state index < -0.39 is 5.82 Å². The number of methoxy groups -OCH3 is 1. The van der Waals surface area contributed by atoms with Crippen LogP contribution in [0.4, 0.5) is 10.1 Å². The van der Waals surface area contributed by atoms with Crippen LogP contribution in [0.15, 0.2) is 36.4 Å². The van der Waals surface area contributed by atoms with E-state index in [9.17, 15) is 9.18 Å². The minimum absolute atomic E-state index is 0.0196. The predicted octanol–water partition coefficient (Wildman–Crippen LogP) is 3.25. The average Bonchev–Trinajstić information content (AvgIpc) is 2.41. The van der Waals surface area contributed by atoms with Gasteiger partial charge in [-0.25, -0.2) is 4.39 Å². The maximum atomic E-state index is 13.4. The zero-order valence-corrected chi connectivity index (χ0v) is 12.3. The van der Waals surface area contributed by atoms with Crippen LogP contribution < -0.4 is 10.5 Å². The van der Waals surface area contributed by atoms with Crippen molar-refractivity contribution in [3.05, 3.63) is 56.9 Å². The molecule has 0 aliphatic rings. The van der Waals surface area contributed by atoms with E-state index in [2.05, 4.69) is 22.6 Å². The monoisotopic (exact) mass is 371 g/mol. The molecule has 0 amide bonds. The molecule has 19 heavy (non-hydrogen) atoms. The summed E-state index contributed by atoms with van der Waals surface area (Å²) >= 11 is 2.10. The first kappa shape index (κ1) is 13.8. The molecule has 0 aliphatic heterocycles. The van der Waals surface area contributed by atoms with Gasteiger partial charge in [-0.2, -0.15) is 0 Å². The number of carbonyl (C=O) groups is 1. The molecule has 2 aromatic rings. The van der Waals surface area contributed by atoms with E-state index >= 15 is 0 Å². The highest BCUT2D eigenvalue weighted by Gasteiger charge is 2.16. The molecule has 2 rings (SSSR count). The van der Waals surface area contributed by atoms with E-state index in [1.165, 1.54) is 19.2 Å². The van der Waals surface area contributed by atoms with E-state index in [0.717, 1.165) is 9.64 Å². The molecule has 0 heterocycles. The van der Waals surface area contributed by atoms with Crippen LogP contribution in [0.25, 0.3) is 0 Å². The summed E-state index contributed by atoms with van der Waals surface area (Å²) < 4.78 is 19.5. The number of carbonyl (C=O) groups excluding carboxylic acids is 1. The third-order valence-corrected chi connectivity index (χ3v) is 3.34. The maximum Gasteiger partial charge on any atom is 0.196 e. The molecular weight excluding hydrogens is 360 g/mol. The second-order valence-corrected chi connectivity index (χ2v) is 5.16. The number of benzene rings is 2. The quantitative estimate of drug-likeness (QED) is 0.512. The molecule has 0 atom stereocenters. The van der Waals surface area contributed by atoms with Gasteiger partial charge in [0.15, 0.2) is 5.78 Å². The van der Waals surface area contributed by atoms with Gasteiger partial charge in [0.2, 0.25) is 0 Å². The van der Waals surface area contributed by atoms with Gasteiger partial charge in [0.05, 0.1) is 18.4 Å². The summed E-state index contributed by atoms with van der Waals surface area (Å²) in [6.07, 6.45) is 0. The molecule has 0 unspecified atom stereocenters. The van der Waals surface area contributed by atoms with E-state index in [0.29, 0.717) is 11.3 Å². The Hall–Kier alpha value is -1.63. The summed E-state index contributed by atoms with van der Waals surface area (Å²) in [4.78, 5) is 12.4. The van der Waals surface area contributed by atoms with Crippen molar-refractivity contribution >= 4 is 34.1 Å². The van der Waals surface area contributed by atoms with Crippen molar-refractivity contribution in [2.75, 3.05) is 12.8 Å². The zero-order chi connectivity index (χ0) is 14.0. The second kappa shape index (κ2) is 5.56. The molecule has 0 saturated heterocycles. The SMILES string of the molecule is COc1ccc(I)cc1C(=O)c1ccc(N)c(F)c1. The second-order valence-electron chi connectivity index (χ2n) is 3.91. The Morgan fingerprint density at radius 1 is 1.26 bits per heavy atom. The van der Waals surface area contributed by atoms with Crippen LogP contribution in [-0.4, -0.2) is 12.9 Å². The van der Waals surface area contributed by atoms with Gasteiger partial charge in [0.1, 0.15) is 11.6 Å². The molecule has 3 nitrogen and oxygen atoms in total. The van der Waals surface area contributed by atoms with Crippen LogP contribution in [0.3, 0.4) is 0 Å². The summed E-state index contributed by atoms with van der Waals surface area (Å²) in [6, 6.07) is 9.26. The number of nitrogens with two attached hydrogens (primary N) is 1. The Bertz CT molecular complexity index is 643. The summed E-state index contributed by atoms with van der Waals surface area (Å²) in [5.74, 6) is -0.438. The third kappa shape index (κ3) is 2.86. The van der Waals surface area contributed by atoms with Crippen LogP contribution in [0, 0.1) is 9.39 Å². The fourth-order valence-corrected chi connectivity index (χ4v) is 2.17. The van der Waals surface area contributed by atoms with Gasteiger partial charge in [-0.15, -0.1) is 0 Å². The number of halogens is 2. The lowest BCUT2D eigenvalue weighted by atomic mass is 10.0. The highest BCUT2D eigenvalue weighted by molar-refractivity contribution is 14.1. The number of hydrogen-bond donors (Lipinski definition) is 1. The summed E-state index contributed by atoms with van der Waals surface area (Å²) in [6.45, 7) is 0. The normalized spacial score (nSPS) is 10.3. The van der Waals surface area contributed by atoms with Crippen LogP contribution in [0.2, 0.25) is 0 Å². The van der Waals surface area contributed by atoms with E-state index in [1.807, 2.05) is 6.07 Å². The van der Waals surface area contributed by atoms with Crippen molar-refractivity contribution < 1.29 is 13.9 Å². The number of nitrogen functional groups attached to an aromatic ring is 1. The van der Waals surface area contributed by atoms with Crippen molar-refractivity contribution in [1.29, 1.82) is 0 Å². The molecule has 0 fully saturated rings. The van der Waals surface area contributed by atoms with Gasteiger partial charge >= 0.3 is 0 Å². The molecule has 0 radical (unpaired) electrons. The van der Waals surface area contributed by atoms with E-state index in [4.69, 9.17) is 10.5 Å². The molecule has 5 heteroatoms. The molecule has 0 aromatic heterocycles. The molecule has 0 saturated carbocycles. The fraction of sp³-hybridized carbons (Fsp3) is 0.0714. The first-order valence-electron chi connectivity index (χ1n) is 5.46. The van der Waals surface area contributed by atoms with E-state index in [-0.39, 0.29) is 17.0 Å². The number of hydrogen-bond acceptors (Lipinski definition) is 3. The lowest BCUT2D eigenvalue weighted by Gasteiger charge is -2.08. The highest BCUT2D eigenvalue weighted by atomic mass is 127. The van der Waals surface area contributed by atoms with Gasteiger partial charge in [0, 0.05) is 9.13 Å². The van der Waals surface area contributed by atoms with Gasteiger partial charge in [-0.3, -0.25) is 4.79 Å². The van der Waals surface area contributed by atoms with Crippen molar-refractivity contribution in [2.24, 2.45) is 0 Å². The zero-order valence-electron chi connectivity index (χ0n) is 10.1. The fourth-order valence-electron chi connectivity index (χ4n) is 1.68. The first-order chi connectivity index (χ1) is 9.02. The van der Waals surface area contributed by atoms with Crippen molar-refractivity contribution in [3.8, 4) is 5.75 Å². The standard InChI is InChI=1S/C14H11FINO2/c1-19-13-5-3-9(16)7-10(13)14(18)8-2-4-12(17)11(15)6-8/h2-7H,17H2,1H3. The average molecular weight is 371 g/mol. The van der Waals surface area contributed by atoms with E-state index in [1.54, 1.807) is 12.1 Å². The minimum atomic E-state index is -0.601. The van der Waals surface area contributed by atoms with Crippen molar-refractivity contribution in [1.82, 2.24) is 0 Å². The minimum Gasteiger partial charge on any atom is -0.496 e. The molecular formula is C14H11FINO2. The number of anilines is 1. The number of rotatable bonds is 3. The maximum absolute atomic E-state index is 13.4. The van der Waals surface area contributed by atoms with Crippen molar-refractivity contribution in [2.45, 2.75) is 0 Å².